The summed E-state index contributed by atoms with van der Waals surface area (Å²) in [4.78, 5) is 14.3. The molecule has 20 heavy (non-hydrogen) atoms. The molecule has 112 valence electrons. The van der Waals surface area contributed by atoms with Gasteiger partial charge in [0.1, 0.15) is 0 Å². The average molecular weight is 300 g/mol. The van der Waals surface area contributed by atoms with Gasteiger partial charge in [0.05, 0.1) is 5.69 Å². The fraction of sp³-hybridized carbons (Fsp3) is 0.714. The van der Waals surface area contributed by atoms with E-state index >= 15 is 0 Å². The molecule has 1 amide bonds. The molecule has 1 aromatic rings. The zero-order chi connectivity index (χ0) is 14.5. The van der Waals surface area contributed by atoms with Crippen molar-refractivity contribution in [2.45, 2.75) is 32.6 Å². The molecule has 1 aliphatic rings. The van der Waals surface area contributed by atoms with E-state index in [4.69, 9.17) is 16.1 Å². The Balaban J connectivity index is 1.85. The van der Waals surface area contributed by atoms with Gasteiger partial charge < -0.3 is 14.7 Å². The van der Waals surface area contributed by atoms with Gasteiger partial charge in [-0.1, -0.05) is 5.16 Å². The third-order valence-electron chi connectivity index (χ3n) is 3.89. The number of aromatic nitrogens is 1. The highest BCUT2D eigenvalue weighted by molar-refractivity contribution is 6.29. The molecule has 1 aliphatic heterocycles. The van der Waals surface area contributed by atoms with Crippen molar-refractivity contribution in [2.75, 3.05) is 26.7 Å². The summed E-state index contributed by atoms with van der Waals surface area (Å²) in [6, 6.07) is 0. The maximum Gasteiger partial charge on any atom is 0.229 e. The topological polar surface area (TPSA) is 58.4 Å². The lowest BCUT2D eigenvalue weighted by atomic mass is 9.97. The monoisotopic (exact) mass is 299 g/mol. The van der Waals surface area contributed by atoms with Gasteiger partial charge in [0.15, 0.2) is 0 Å². The summed E-state index contributed by atoms with van der Waals surface area (Å²) >= 11 is 5.92. The molecule has 0 bridgehead atoms. The first-order valence-electron chi connectivity index (χ1n) is 7.14. The van der Waals surface area contributed by atoms with E-state index in [0.29, 0.717) is 24.0 Å². The van der Waals surface area contributed by atoms with E-state index < -0.39 is 0 Å². The number of carbonyl (C=O) groups is 1. The zero-order valence-corrected chi connectivity index (χ0v) is 12.9. The van der Waals surface area contributed by atoms with E-state index in [-0.39, 0.29) is 5.91 Å². The first kappa shape index (κ1) is 15.3. The number of likely N-dealkylation sites (tertiary alicyclic amines) is 1. The van der Waals surface area contributed by atoms with Gasteiger partial charge in [-0.25, -0.2) is 0 Å². The number of halogens is 1. The smallest absolute Gasteiger partial charge is 0.229 e. The molecule has 1 fully saturated rings. The largest absolute Gasteiger partial charge is 0.344 e. The Morgan fingerprint density at radius 3 is 3.05 bits per heavy atom. The van der Waals surface area contributed by atoms with E-state index in [1.807, 2.05) is 18.9 Å². The second-order valence-corrected chi connectivity index (χ2v) is 5.77. The first-order valence-corrected chi connectivity index (χ1v) is 7.52. The Kier molecular flexibility index (Phi) is 5.43. The number of rotatable bonds is 5. The highest BCUT2D eigenvalue weighted by Gasteiger charge is 2.23. The fourth-order valence-corrected chi connectivity index (χ4v) is 3.04. The van der Waals surface area contributed by atoms with E-state index in [9.17, 15) is 4.79 Å². The molecule has 0 aromatic carbocycles. The number of nitrogens with zero attached hydrogens (tertiary/aromatic N) is 2. The summed E-state index contributed by atoms with van der Waals surface area (Å²) in [6.45, 7) is 4.55. The van der Waals surface area contributed by atoms with Crippen LogP contribution in [0.25, 0.3) is 0 Å². The van der Waals surface area contributed by atoms with E-state index in [0.717, 1.165) is 37.3 Å². The van der Waals surface area contributed by atoms with Crippen LogP contribution in [0.5, 0.6) is 0 Å². The molecule has 2 heterocycles. The Hall–Kier alpha value is -1.07. The standard InChI is InChI=1S/C14H22ClN3O2/c1-10-12(14(15)20-17-10)5-6-13(19)18-7-3-4-11(9-18)8-16-2/h11,16H,3-9H2,1-2H3/t11-/m1/s1. The van der Waals surface area contributed by atoms with E-state index in [1.54, 1.807) is 0 Å². The molecule has 1 saturated heterocycles. The average Bonchev–Trinajstić information content (AvgIpc) is 2.76. The highest BCUT2D eigenvalue weighted by atomic mass is 35.5. The van der Waals surface area contributed by atoms with Crippen LogP contribution in [-0.4, -0.2) is 42.6 Å². The second kappa shape index (κ2) is 7.09. The van der Waals surface area contributed by atoms with Crippen LogP contribution in [-0.2, 0) is 11.2 Å². The number of amides is 1. The molecule has 0 saturated carbocycles. The van der Waals surface area contributed by atoms with Crippen LogP contribution in [0.4, 0.5) is 0 Å². The molecule has 1 atom stereocenters. The van der Waals surface area contributed by atoms with Gasteiger partial charge >= 0.3 is 0 Å². The molecule has 0 aliphatic carbocycles. The maximum absolute atomic E-state index is 12.3. The minimum Gasteiger partial charge on any atom is -0.344 e. The van der Waals surface area contributed by atoms with Crippen LogP contribution < -0.4 is 5.32 Å². The summed E-state index contributed by atoms with van der Waals surface area (Å²) in [6.07, 6.45) is 3.35. The van der Waals surface area contributed by atoms with Crippen molar-refractivity contribution in [3.8, 4) is 0 Å². The first-order chi connectivity index (χ1) is 9.61. The molecule has 0 radical (unpaired) electrons. The van der Waals surface area contributed by atoms with Crippen molar-refractivity contribution >= 4 is 17.5 Å². The van der Waals surface area contributed by atoms with Crippen LogP contribution in [0.1, 0.15) is 30.5 Å². The second-order valence-electron chi connectivity index (χ2n) is 5.43. The van der Waals surface area contributed by atoms with Crippen molar-refractivity contribution in [2.24, 2.45) is 5.92 Å². The summed E-state index contributed by atoms with van der Waals surface area (Å²) in [7, 11) is 1.96. The molecule has 1 aromatic heterocycles. The highest BCUT2D eigenvalue weighted by Crippen LogP contribution is 2.22. The molecule has 5 nitrogen and oxygen atoms in total. The Labute approximate surface area is 124 Å². The Morgan fingerprint density at radius 1 is 1.60 bits per heavy atom. The summed E-state index contributed by atoms with van der Waals surface area (Å²) in [5, 5.41) is 7.30. The normalized spacial score (nSPS) is 19.4. The van der Waals surface area contributed by atoms with Crippen LogP contribution in [0.3, 0.4) is 0 Å². The van der Waals surface area contributed by atoms with E-state index in [1.165, 1.54) is 6.42 Å². The molecule has 0 spiro atoms. The number of hydrogen-bond acceptors (Lipinski definition) is 4. The van der Waals surface area contributed by atoms with Crippen molar-refractivity contribution < 1.29 is 9.32 Å². The number of carbonyl (C=O) groups excluding carboxylic acids is 1. The van der Waals surface area contributed by atoms with Crippen LogP contribution in [0, 0.1) is 12.8 Å². The maximum atomic E-state index is 12.3. The Morgan fingerprint density at radius 2 is 2.40 bits per heavy atom. The Bertz CT molecular complexity index is 440. The quantitative estimate of drug-likeness (QED) is 0.904. The third kappa shape index (κ3) is 3.73. The summed E-state index contributed by atoms with van der Waals surface area (Å²) < 4.78 is 4.90. The SMILES string of the molecule is CNC[C@H]1CCCN(C(=O)CCc2c(C)noc2Cl)C1. The predicted octanol–water partition coefficient (Wildman–Crippen LogP) is 2.03. The number of hydrogen-bond donors (Lipinski definition) is 1. The van der Waals surface area contributed by atoms with Gasteiger partial charge in [0.25, 0.3) is 0 Å². The summed E-state index contributed by atoms with van der Waals surface area (Å²) in [5.74, 6) is 0.765. The van der Waals surface area contributed by atoms with Gasteiger partial charge in [-0.05, 0) is 57.3 Å². The van der Waals surface area contributed by atoms with Crippen molar-refractivity contribution in [3.63, 3.8) is 0 Å². The van der Waals surface area contributed by atoms with Crippen molar-refractivity contribution in [3.05, 3.63) is 16.5 Å². The number of nitrogens with one attached hydrogen (secondary N) is 1. The minimum atomic E-state index is 0.197. The predicted molar refractivity (Wildman–Crippen MR) is 77.8 cm³/mol. The number of aryl methyl sites for hydroxylation is 1. The van der Waals surface area contributed by atoms with Gasteiger partial charge in [-0.3, -0.25) is 4.79 Å². The van der Waals surface area contributed by atoms with Crippen LogP contribution >= 0.6 is 11.6 Å². The zero-order valence-electron chi connectivity index (χ0n) is 12.1. The van der Waals surface area contributed by atoms with Gasteiger partial charge in [-0.2, -0.15) is 0 Å². The van der Waals surface area contributed by atoms with Gasteiger partial charge in [-0.15, -0.1) is 0 Å². The van der Waals surface area contributed by atoms with Crippen molar-refractivity contribution in [1.29, 1.82) is 0 Å². The fourth-order valence-electron chi connectivity index (χ4n) is 2.78. The molecular weight excluding hydrogens is 278 g/mol. The molecular formula is C14H22ClN3O2. The van der Waals surface area contributed by atoms with Gasteiger partial charge in [0.2, 0.25) is 11.1 Å². The number of piperidine rings is 1. The lowest BCUT2D eigenvalue weighted by Gasteiger charge is -2.32. The third-order valence-corrected chi connectivity index (χ3v) is 4.19. The van der Waals surface area contributed by atoms with Crippen LogP contribution in [0.15, 0.2) is 4.52 Å². The van der Waals surface area contributed by atoms with Crippen LogP contribution in [0.2, 0.25) is 5.22 Å². The summed E-state index contributed by atoms with van der Waals surface area (Å²) in [5.41, 5.74) is 1.62. The molecule has 6 heteroatoms. The van der Waals surface area contributed by atoms with Crippen molar-refractivity contribution in [1.82, 2.24) is 15.4 Å². The lowest BCUT2D eigenvalue weighted by molar-refractivity contribution is -0.132. The minimum absolute atomic E-state index is 0.197. The molecule has 2 rings (SSSR count). The molecule has 0 unspecified atom stereocenters. The van der Waals surface area contributed by atoms with E-state index in [2.05, 4.69) is 10.5 Å². The molecule has 1 N–H and O–H groups in total. The van der Waals surface area contributed by atoms with Gasteiger partial charge in [0, 0.05) is 25.1 Å². The lowest BCUT2D eigenvalue weighted by Crippen LogP contribution is -2.42.